The number of piperidine rings is 2. The third-order valence-corrected chi connectivity index (χ3v) is 15.7. The van der Waals surface area contributed by atoms with Crippen LogP contribution in [0.5, 0.6) is 0 Å². The molecule has 0 radical (unpaired) electrons. The molecule has 4 aromatic carbocycles. The molecule has 2 unspecified atom stereocenters. The summed E-state index contributed by atoms with van der Waals surface area (Å²) >= 11 is 1.38. The molecule has 2 aromatic heterocycles. The van der Waals surface area contributed by atoms with Gasteiger partial charge in [0, 0.05) is 38.3 Å². The maximum atomic E-state index is 13.6. The molecule has 4 heterocycles. The Balaban J connectivity index is 1.17. The summed E-state index contributed by atoms with van der Waals surface area (Å²) in [6.07, 6.45) is 12.6. The molecular formula is C44H44N6O6S3. The molecule has 2 fully saturated rings. The Kier molecular flexibility index (Phi) is 12.6. The third kappa shape index (κ3) is 9.66. The van der Waals surface area contributed by atoms with Crippen LogP contribution in [0.4, 0.5) is 0 Å². The van der Waals surface area contributed by atoms with Crippen LogP contribution in [0.15, 0.2) is 128 Å². The number of hydrogen-bond acceptors (Lipinski definition) is 11. The van der Waals surface area contributed by atoms with Crippen molar-refractivity contribution in [3.8, 4) is 0 Å². The second-order valence-electron chi connectivity index (χ2n) is 14.4. The van der Waals surface area contributed by atoms with Gasteiger partial charge in [0.25, 0.3) is 0 Å². The van der Waals surface area contributed by atoms with E-state index in [1.807, 2.05) is 72.8 Å². The first-order valence-corrected chi connectivity index (χ1v) is 23.6. The lowest BCUT2D eigenvalue weighted by Crippen LogP contribution is -2.35. The van der Waals surface area contributed by atoms with Crippen molar-refractivity contribution < 1.29 is 25.7 Å². The molecule has 59 heavy (non-hydrogen) atoms. The molecule has 0 bridgehead atoms. The minimum Gasteiger partial charge on any atom is -0.420 e. The van der Waals surface area contributed by atoms with Crippen molar-refractivity contribution in [1.82, 2.24) is 29.0 Å². The van der Waals surface area contributed by atoms with Crippen LogP contribution < -0.4 is 0 Å². The van der Waals surface area contributed by atoms with Crippen molar-refractivity contribution >= 4 is 56.1 Å². The second kappa shape index (κ2) is 18.4. The zero-order valence-corrected chi connectivity index (χ0v) is 34.7. The van der Waals surface area contributed by atoms with Gasteiger partial charge >= 0.3 is 0 Å². The Morgan fingerprint density at radius 3 is 1.22 bits per heavy atom. The van der Waals surface area contributed by atoms with Gasteiger partial charge in [-0.2, -0.15) is 8.61 Å². The molecule has 304 valence electrons. The lowest BCUT2D eigenvalue weighted by atomic mass is 10.1. The summed E-state index contributed by atoms with van der Waals surface area (Å²) in [5.74, 6) is 1.11. The maximum absolute atomic E-state index is 13.6. The van der Waals surface area contributed by atoms with Gasteiger partial charge in [-0.25, -0.2) is 16.8 Å². The summed E-state index contributed by atoms with van der Waals surface area (Å²) in [7, 11) is -7.36. The number of benzene rings is 4. The molecule has 8 rings (SSSR count). The molecule has 2 saturated heterocycles. The van der Waals surface area contributed by atoms with Crippen molar-refractivity contribution in [2.24, 2.45) is 0 Å². The Bertz CT molecular complexity index is 2400. The van der Waals surface area contributed by atoms with E-state index in [1.165, 1.54) is 11.8 Å². The monoisotopic (exact) mass is 848 g/mol. The van der Waals surface area contributed by atoms with Gasteiger partial charge in [0.1, 0.15) is 10.5 Å². The third-order valence-electron chi connectivity index (χ3n) is 10.3. The Labute approximate surface area is 349 Å². The highest BCUT2D eigenvalue weighted by Gasteiger charge is 2.33. The van der Waals surface area contributed by atoms with Crippen molar-refractivity contribution in [3.05, 3.63) is 155 Å². The Hall–Kier alpha value is -5.19. The standard InChI is InChI=1S/C44H44N6O6S3/c51-58(52,49-29-9-3-10-30-49)37-23-19-35(20-24-37)41(43-47-45-39(55-43)27-17-33-13-5-1-6-14-33)57-42(44-48-46-40(56-44)28-18-34-15-7-2-8-16-34)36-21-25-38(26-22-36)59(53,54)50-31-11-4-12-32-50/h1-2,5-8,13-28,41-42H,3-4,9-12,29-32H2. The first-order chi connectivity index (χ1) is 28.7. The van der Waals surface area contributed by atoms with E-state index in [4.69, 9.17) is 8.83 Å². The molecule has 0 N–H and O–H groups in total. The van der Waals surface area contributed by atoms with Crippen molar-refractivity contribution in [2.75, 3.05) is 26.2 Å². The van der Waals surface area contributed by atoms with Crippen LogP contribution in [0.3, 0.4) is 0 Å². The summed E-state index contributed by atoms with van der Waals surface area (Å²) < 4.78 is 70.1. The smallest absolute Gasteiger partial charge is 0.243 e. The molecule has 12 nitrogen and oxygen atoms in total. The number of nitrogens with zero attached hydrogens (tertiary/aromatic N) is 6. The van der Waals surface area contributed by atoms with Crippen LogP contribution in [-0.2, 0) is 20.0 Å². The predicted octanol–water partition coefficient (Wildman–Crippen LogP) is 8.75. The number of thioether (sulfide) groups is 1. The lowest BCUT2D eigenvalue weighted by Gasteiger charge is -2.26. The molecule has 15 heteroatoms. The van der Waals surface area contributed by atoms with Crippen LogP contribution in [0.2, 0.25) is 0 Å². The van der Waals surface area contributed by atoms with E-state index in [0.29, 0.717) is 37.3 Å². The van der Waals surface area contributed by atoms with E-state index in [1.54, 1.807) is 69.3 Å². The molecule has 0 saturated carbocycles. The normalized spacial score (nSPS) is 17.1. The van der Waals surface area contributed by atoms with E-state index < -0.39 is 30.5 Å². The minimum absolute atomic E-state index is 0.206. The highest BCUT2D eigenvalue weighted by atomic mass is 32.2. The van der Waals surface area contributed by atoms with Crippen LogP contribution >= 0.6 is 11.8 Å². The fourth-order valence-electron chi connectivity index (χ4n) is 7.14. The average Bonchev–Trinajstić information content (AvgIpc) is 3.97. The Morgan fingerprint density at radius 1 is 0.475 bits per heavy atom. The fraction of sp³-hybridized carbons (Fsp3) is 0.273. The molecule has 6 aromatic rings. The first kappa shape index (κ1) is 40.6. The van der Waals surface area contributed by atoms with Gasteiger partial charge in [0.15, 0.2) is 0 Å². The van der Waals surface area contributed by atoms with Crippen LogP contribution in [-0.4, -0.2) is 72.0 Å². The number of hydrogen-bond donors (Lipinski definition) is 0. The zero-order chi connectivity index (χ0) is 40.7. The number of sulfonamides is 2. The largest absolute Gasteiger partial charge is 0.420 e. The molecule has 2 aliphatic rings. The van der Waals surface area contributed by atoms with Gasteiger partial charge in [-0.15, -0.1) is 32.2 Å². The van der Waals surface area contributed by atoms with E-state index >= 15 is 0 Å². The highest BCUT2D eigenvalue weighted by Crippen LogP contribution is 2.47. The first-order valence-electron chi connectivity index (χ1n) is 19.7. The average molecular weight is 849 g/mol. The maximum Gasteiger partial charge on any atom is 0.243 e. The minimum atomic E-state index is -3.68. The summed E-state index contributed by atoms with van der Waals surface area (Å²) in [5, 5.41) is 16.3. The number of aromatic nitrogens is 4. The van der Waals surface area contributed by atoms with Gasteiger partial charge < -0.3 is 8.83 Å². The molecule has 0 amide bonds. The Morgan fingerprint density at radius 2 is 0.847 bits per heavy atom. The van der Waals surface area contributed by atoms with E-state index in [2.05, 4.69) is 20.4 Å². The van der Waals surface area contributed by atoms with Crippen molar-refractivity contribution in [1.29, 1.82) is 0 Å². The summed E-state index contributed by atoms with van der Waals surface area (Å²) in [6, 6.07) is 33.1. The van der Waals surface area contributed by atoms with E-state index in [-0.39, 0.29) is 33.4 Å². The van der Waals surface area contributed by atoms with Crippen molar-refractivity contribution in [2.45, 2.75) is 58.8 Å². The molecule has 0 aliphatic carbocycles. The highest BCUT2D eigenvalue weighted by molar-refractivity contribution is 8.00. The van der Waals surface area contributed by atoms with Gasteiger partial charge in [0.05, 0.1) is 9.79 Å². The van der Waals surface area contributed by atoms with Crippen molar-refractivity contribution in [3.63, 3.8) is 0 Å². The fourth-order valence-corrected chi connectivity index (χ4v) is 11.5. The van der Waals surface area contributed by atoms with Crippen LogP contribution in [0, 0.1) is 0 Å². The number of rotatable bonds is 14. The molecule has 2 atom stereocenters. The SMILES string of the molecule is O=S(=O)(c1ccc(C(SC(c2ccc(S(=O)(=O)N3CCCCC3)cc2)c2nnc(C=Cc3ccccc3)o2)c2nnc(C=Cc3ccccc3)o2)cc1)N1CCCCC1. The van der Waals surface area contributed by atoms with Gasteiger partial charge in [-0.1, -0.05) is 97.8 Å². The zero-order valence-electron chi connectivity index (χ0n) is 32.3. The van der Waals surface area contributed by atoms with E-state index in [9.17, 15) is 16.8 Å². The summed E-state index contributed by atoms with van der Waals surface area (Å²) in [5.41, 5.74) is 3.33. The summed E-state index contributed by atoms with van der Waals surface area (Å²) in [6.45, 7) is 1.99. The van der Waals surface area contributed by atoms with Gasteiger partial charge in [0.2, 0.25) is 43.6 Å². The molecule has 0 spiro atoms. The van der Waals surface area contributed by atoms with Crippen LogP contribution in [0.1, 0.15) is 94.8 Å². The molecular weight excluding hydrogens is 805 g/mol. The summed E-state index contributed by atoms with van der Waals surface area (Å²) in [4.78, 5) is 0.412. The van der Waals surface area contributed by atoms with Crippen LogP contribution in [0.25, 0.3) is 24.3 Å². The predicted molar refractivity (Wildman–Crippen MR) is 229 cm³/mol. The second-order valence-corrected chi connectivity index (χ2v) is 19.5. The molecule has 2 aliphatic heterocycles. The lowest BCUT2D eigenvalue weighted by molar-refractivity contribution is 0.346. The van der Waals surface area contributed by atoms with Gasteiger partial charge in [-0.3, -0.25) is 0 Å². The topological polar surface area (TPSA) is 153 Å². The quantitative estimate of drug-likeness (QED) is 0.103. The van der Waals surface area contributed by atoms with E-state index in [0.717, 1.165) is 49.7 Å². The van der Waals surface area contributed by atoms with Gasteiger partial charge in [-0.05, 0) is 84.4 Å².